The Labute approximate surface area is 154 Å². The Morgan fingerprint density at radius 3 is 2.95 bits per heavy atom. The molecule has 0 saturated carbocycles. The van der Waals surface area contributed by atoms with Gasteiger partial charge in [-0.25, -0.2) is 4.98 Å². The highest BCUT2D eigenvalue weighted by molar-refractivity contribution is 14.0. The largest absolute Gasteiger partial charge is 0.356 e. The van der Waals surface area contributed by atoms with Crippen LogP contribution in [0.25, 0.3) is 0 Å². The molecule has 21 heavy (non-hydrogen) atoms. The molecule has 2 aromatic heterocycles. The van der Waals surface area contributed by atoms with E-state index in [4.69, 9.17) is 0 Å². The summed E-state index contributed by atoms with van der Waals surface area (Å²) in [6.45, 7) is 1.73. The van der Waals surface area contributed by atoms with Gasteiger partial charge < -0.3 is 10.6 Å². The minimum Gasteiger partial charge on any atom is -0.356 e. The molecule has 0 aliphatic rings. The first-order chi connectivity index (χ1) is 9.88. The average Bonchev–Trinajstić information content (AvgIpc) is 3.14. The van der Waals surface area contributed by atoms with Crippen molar-refractivity contribution in [2.75, 3.05) is 19.3 Å². The monoisotopic (exact) mass is 454 g/mol. The molecule has 116 valence electrons. The quantitative estimate of drug-likeness (QED) is 0.220. The van der Waals surface area contributed by atoms with Crippen LogP contribution in [-0.4, -0.2) is 30.3 Å². The van der Waals surface area contributed by atoms with Gasteiger partial charge in [0.1, 0.15) is 4.34 Å². The van der Waals surface area contributed by atoms with Crippen molar-refractivity contribution in [1.29, 1.82) is 0 Å². The highest BCUT2D eigenvalue weighted by Crippen LogP contribution is 2.20. The molecule has 0 radical (unpaired) electrons. The lowest BCUT2D eigenvalue weighted by Crippen LogP contribution is -2.37. The fourth-order valence-electron chi connectivity index (χ4n) is 1.52. The van der Waals surface area contributed by atoms with Crippen LogP contribution < -0.4 is 10.6 Å². The third kappa shape index (κ3) is 7.48. The van der Waals surface area contributed by atoms with Gasteiger partial charge in [0, 0.05) is 37.5 Å². The summed E-state index contributed by atoms with van der Waals surface area (Å²) in [7, 11) is 1.80. The summed E-state index contributed by atoms with van der Waals surface area (Å²) < 4.78 is 1.14. The van der Waals surface area contributed by atoms with E-state index in [2.05, 4.69) is 37.4 Å². The van der Waals surface area contributed by atoms with Crippen molar-refractivity contribution in [3.63, 3.8) is 0 Å². The number of guanidine groups is 1. The molecule has 8 heteroatoms. The van der Waals surface area contributed by atoms with Crippen molar-refractivity contribution >= 4 is 64.4 Å². The van der Waals surface area contributed by atoms with E-state index in [1.165, 1.54) is 5.56 Å². The molecule has 0 amide bonds. The van der Waals surface area contributed by atoms with Gasteiger partial charge in [0.2, 0.25) is 0 Å². The number of halogens is 1. The number of hydrogen-bond acceptors (Lipinski definition) is 5. The predicted octanol–water partition coefficient (Wildman–Crippen LogP) is 3.67. The van der Waals surface area contributed by atoms with E-state index in [0.29, 0.717) is 0 Å². The van der Waals surface area contributed by atoms with Crippen molar-refractivity contribution in [2.24, 2.45) is 4.99 Å². The molecule has 0 spiro atoms. The molecule has 0 aromatic carbocycles. The van der Waals surface area contributed by atoms with E-state index in [9.17, 15) is 0 Å². The predicted molar refractivity (Wildman–Crippen MR) is 105 cm³/mol. The standard InChI is InChI=1S/C13H18N4S3.HI/c1-14-12(17-9-11-3-7-18-10-11)15-4-2-6-19-13-16-5-8-20-13;/h3,5,7-8,10H,2,4,6,9H2,1H3,(H2,14,15,17);1H. The van der Waals surface area contributed by atoms with Crippen LogP contribution in [0.15, 0.2) is 37.7 Å². The summed E-state index contributed by atoms with van der Waals surface area (Å²) >= 11 is 5.21. The van der Waals surface area contributed by atoms with E-state index >= 15 is 0 Å². The maximum atomic E-state index is 4.25. The first-order valence-electron chi connectivity index (χ1n) is 6.36. The molecule has 0 atom stereocenters. The van der Waals surface area contributed by atoms with Gasteiger partial charge in [-0.2, -0.15) is 11.3 Å². The fraction of sp³-hybridized carbons (Fsp3) is 0.385. The van der Waals surface area contributed by atoms with Crippen LogP contribution in [0.4, 0.5) is 0 Å². The zero-order valence-corrected chi connectivity index (χ0v) is 16.5. The number of aliphatic imine (C=N–C) groups is 1. The van der Waals surface area contributed by atoms with Crippen molar-refractivity contribution in [2.45, 2.75) is 17.3 Å². The molecular weight excluding hydrogens is 435 g/mol. The third-order valence-corrected chi connectivity index (χ3v) is 5.30. The Morgan fingerprint density at radius 2 is 2.29 bits per heavy atom. The zero-order chi connectivity index (χ0) is 14.0. The molecule has 0 saturated heterocycles. The maximum absolute atomic E-state index is 4.25. The second kappa shape index (κ2) is 11.3. The smallest absolute Gasteiger partial charge is 0.191 e. The summed E-state index contributed by atoms with van der Waals surface area (Å²) in [6.07, 6.45) is 2.94. The van der Waals surface area contributed by atoms with Crippen LogP contribution in [-0.2, 0) is 6.54 Å². The second-order valence-corrected chi connectivity index (χ2v) is 7.00. The van der Waals surface area contributed by atoms with E-state index in [1.807, 2.05) is 11.6 Å². The normalized spacial score (nSPS) is 11.0. The van der Waals surface area contributed by atoms with Crippen LogP contribution in [0.5, 0.6) is 0 Å². The molecule has 4 nitrogen and oxygen atoms in total. The van der Waals surface area contributed by atoms with Crippen molar-refractivity contribution in [3.05, 3.63) is 34.0 Å². The van der Waals surface area contributed by atoms with Gasteiger partial charge in [0.25, 0.3) is 0 Å². The minimum atomic E-state index is 0. The lowest BCUT2D eigenvalue weighted by Gasteiger charge is -2.10. The summed E-state index contributed by atoms with van der Waals surface area (Å²) in [5, 5.41) is 12.9. The van der Waals surface area contributed by atoms with Gasteiger partial charge in [-0.15, -0.1) is 35.3 Å². The number of thiazole rings is 1. The van der Waals surface area contributed by atoms with Crippen LogP contribution in [0, 0.1) is 0 Å². The van der Waals surface area contributed by atoms with Gasteiger partial charge in [-0.3, -0.25) is 4.99 Å². The van der Waals surface area contributed by atoms with Crippen LogP contribution in [0.1, 0.15) is 12.0 Å². The first kappa shape index (κ1) is 18.7. The maximum Gasteiger partial charge on any atom is 0.191 e. The molecule has 0 aliphatic heterocycles. The third-order valence-electron chi connectivity index (χ3n) is 2.51. The fourth-order valence-corrected chi connectivity index (χ4v) is 3.84. The number of thioether (sulfide) groups is 1. The zero-order valence-electron chi connectivity index (χ0n) is 11.7. The van der Waals surface area contributed by atoms with Crippen LogP contribution in [0.3, 0.4) is 0 Å². The lowest BCUT2D eigenvalue weighted by atomic mass is 10.3. The summed E-state index contributed by atoms with van der Waals surface area (Å²) in [6, 6.07) is 2.12. The number of rotatable bonds is 7. The lowest BCUT2D eigenvalue weighted by molar-refractivity contribution is 0.786. The Balaban J connectivity index is 0.00000220. The van der Waals surface area contributed by atoms with Crippen LogP contribution >= 0.6 is 58.4 Å². The molecule has 0 unspecified atom stereocenters. The van der Waals surface area contributed by atoms with Crippen molar-refractivity contribution in [1.82, 2.24) is 15.6 Å². The summed E-state index contributed by atoms with van der Waals surface area (Å²) in [5.41, 5.74) is 1.29. The van der Waals surface area contributed by atoms with Gasteiger partial charge in [0.05, 0.1) is 0 Å². The highest BCUT2D eigenvalue weighted by Gasteiger charge is 1.99. The molecule has 0 aliphatic carbocycles. The average molecular weight is 454 g/mol. The first-order valence-corrected chi connectivity index (χ1v) is 9.17. The topological polar surface area (TPSA) is 49.3 Å². The summed E-state index contributed by atoms with van der Waals surface area (Å²) in [5.74, 6) is 1.93. The Kier molecular flexibility index (Phi) is 10.1. The molecule has 2 heterocycles. The highest BCUT2D eigenvalue weighted by atomic mass is 127. The Bertz CT molecular complexity index is 499. The number of nitrogens with one attached hydrogen (secondary N) is 2. The van der Waals surface area contributed by atoms with Crippen molar-refractivity contribution < 1.29 is 0 Å². The molecule has 2 N–H and O–H groups in total. The molecule has 0 fully saturated rings. The van der Waals surface area contributed by atoms with E-state index < -0.39 is 0 Å². The Hall–Kier alpha value is -0.320. The number of nitrogens with zero attached hydrogens (tertiary/aromatic N) is 2. The molecule has 0 bridgehead atoms. The van der Waals surface area contributed by atoms with Crippen molar-refractivity contribution in [3.8, 4) is 0 Å². The molecule has 2 rings (SSSR count). The number of hydrogen-bond donors (Lipinski definition) is 2. The van der Waals surface area contributed by atoms with E-state index in [-0.39, 0.29) is 24.0 Å². The van der Waals surface area contributed by atoms with Gasteiger partial charge in [-0.05, 0) is 28.8 Å². The van der Waals surface area contributed by atoms with Gasteiger partial charge in [0.15, 0.2) is 5.96 Å². The van der Waals surface area contributed by atoms with E-state index in [1.54, 1.807) is 41.5 Å². The number of thiophene rings is 1. The summed E-state index contributed by atoms with van der Waals surface area (Å²) in [4.78, 5) is 8.46. The Morgan fingerprint density at radius 1 is 1.38 bits per heavy atom. The van der Waals surface area contributed by atoms with Gasteiger partial charge in [-0.1, -0.05) is 11.8 Å². The molecule has 2 aromatic rings. The second-order valence-electron chi connectivity index (χ2n) is 3.98. The van der Waals surface area contributed by atoms with E-state index in [0.717, 1.165) is 35.6 Å². The van der Waals surface area contributed by atoms with Gasteiger partial charge >= 0.3 is 0 Å². The SMILES string of the molecule is CN=C(NCCCSc1nccs1)NCc1ccsc1.I. The number of aromatic nitrogens is 1. The van der Waals surface area contributed by atoms with Crippen LogP contribution in [0.2, 0.25) is 0 Å². The minimum absolute atomic E-state index is 0. The molecular formula is C13H19IN4S3.